The van der Waals surface area contributed by atoms with Crippen LogP contribution in [0.2, 0.25) is 5.02 Å². The van der Waals surface area contributed by atoms with Crippen LogP contribution in [0.4, 0.5) is 13.2 Å². The number of guanidine groups is 1. The van der Waals surface area contributed by atoms with Gasteiger partial charge in [0.1, 0.15) is 0 Å². The van der Waals surface area contributed by atoms with Crippen LogP contribution in [0.25, 0.3) is 10.9 Å². The number of halogens is 4. The lowest BCUT2D eigenvalue weighted by Crippen LogP contribution is -2.39. The van der Waals surface area contributed by atoms with E-state index < -0.39 is 12.6 Å². The first-order valence-corrected chi connectivity index (χ1v) is 7.53. The van der Waals surface area contributed by atoms with Crippen LogP contribution in [-0.2, 0) is 6.42 Å². The number of nitrogens with zero attached hydrogens (tertiary/aromatic N) is 1. The normalized spacial score (nSPS) is 12.7. The van der Waals surface area contributed by atoms with Gasteiger partial charge in [0.05, 0.1) is 6.42 Å². The van der Waals surface area contributed by atoms with Crippen molar-refractivity contribution in [2.24, 2.45) is 4.99 Å². The summed E-state index contributed by atoms with van der Waals surface area (Å²) >= 11 is 6.00. The third kappa shape index (κ3) is 5.35. The maximum absolute atomic E-state index is 12.1. The monoisotopic (exact) mass is 346 g/mol. The van der Waals surface area contributed by atoms with E-state index in [-0.39, 0.29) is 6.54 Å². The number of aromatic nitrogens is 1. The Morgan fingerprint density at radius 2 is 2.00 bits per heavy atom. The van der Waals surface area contributed by atoms with Crippen molar-refractivity contribution >= 4 is 28.5 Å². The molecule has 0 saturated heterocycles. The second-order valence-corrected chi connectivity index (χ2v) is 5.48. The molecule has 0 atom stereocenters. The largest absolute Gasteiger partial charge is 0.390 e. The van der Waals surface area contributed by atoms with Gasteiger partial charge in [-0.2, -0.15) is 13.2 Å². The molecule has 126 valence electrons. The molecule has 0 aliphatic heterocycles. The lowest BCUT2D eigenvalue weighted by Gasteiger charge is -2.12. The summed E-state index contributed by atoms with van der Waals surface area (Å²) in [4.78, 5) is 7.06. The molecule has 0 saturated carbocycles. The Labute approximate surface area is 137 Å². The molecule has 4 nitrogen and oxygen atoms in total. The van der Waals surface area contributed by atoms with Crippen LogP contribution in [-0.4, -0.2) is 37.3 Å². The van der Waals surface area contributed by atoms with Crippen LogP contribution in [0.15, 0.2) is 29.4 Å². The van der Waals surface area contributed by atoms with Gasteiger partial charge in [-0.15, -0.1) is 0 Å². The molecule has 0 radical (unpaired) electrons. The first-order valence-electron chi connectivity index (χ1n) is 7.16. The van der Waals surface area contributed by atoms with E-state index in [0.29, 0.717) is 23.9 Å². The van der Waals surface area contributed by atoms with Gasteiger partial charge in [-0.05, 0) is 30.2 Å². The molecular formula is C15H18ClF3N4. The molecule has 0 unspecified atom stereocenters. The zero-order valence-electron chi connectivity index (χ0n) is 12.6. The minimum atomic E-state index is -4.17. The molecule has 1 heterocycles. The van der Waals surface area contributed by atoms with Crippen LogP contribution in [0, 0.1) is 0 Å². The summed E-state index contributed by atoms with van der Waals surface area (Å²) in [6, 6.07) is 5.61. The molecule has 1 aromatic carbocycles. The van der Waals surface area contributed by atoms with Gasteiger partial charge in [0.15, 0.2) is 5.96 Å². The number of nitrogens with one attached hydrogen (secondary N) is 3. The molecular weight excluding hydrogens is 329 g/mol. The first-order chi connectivity index (χ1) is 10.9. The number of H-pyrrole nitrogens is 1. The Bertz CT molecular complexity index is 679. The van der Waals surface area contributed by atoms with Gasteiger partial charge in [0.2, 0.25) is 0 Å². The first kappa shape index (κ1) is 17.5. The predicted octanol–water partition coefficient (Wildman–Crippen LogP) is 3.48. The number of hydrogen-bond donors (Lipinski definition) is 3. The molecule has 0 aliphatic rings. The van der Waals surface area contributed by atoms with Crippen LogP contribution in [0.3, 0.4) is 0 Å². The third-order valence-corrected chi connectivity index (χ3v) is 3.58. The van der Waals surface area contributed by atoms with Gasteiger partial charge in [0, 0.05) is 42.3 Å². The predicted molar refractivity (Wildman–Crippen MR) is 87.0 cm³/mol. The molecule has 0 spiro atoms. The van der Waals surface area contributed by atoms with Crippen molar-refractivity contribution in [3.8, 4) is 0 Å². The quantitative estimate of drug-likeness (QED) is 0.573. The van der Waals surface area contributed by atoms with Gasteiger partial charge >= 0.3 is 6.18 Å². The Hall–Kier alpha value is -1.89. The van der Waals surface area contributed by atoms with Crippen LogP contribution < -0.4 is 10.6 Å². The molecule has 0 aliphatic carbocycles. The van der Waals surface area contributed by atoms with Crippen molar-refractivity contribution in [1.29, 1.82) is 0 Å². The highest BCUT2D eigenvalue weighted by Crippen LogP contribution is 2.22. The molecule has 8 heteroatoms. The highest BCUT2D eigenvalue weighted by Gasteiger charge is 2.26. The Balaban J connectivity index is 1.84. The van der Waals surface area contributed by atoms with Gasteiger partial charge < -0.3 is 15.6 Å². The standard InChI is InChI=1S/C15H18ClF3N4/c1-20-14(22-7-5-15(17,18)19)21-6-4-10-9-23-13-3-2-11(16)8-12(10)13/h2-3,8-9,23H,4-7H2,1H3,(H2,20,21,22). The van der Waals surface area contributed by atoms with E-state index in [0.717, 1.165) is 16.5 Å². The fraction of sp³-hybridized carbons (Fsp3) is 0.400. The van der Waals surface area contributed by atoms with Gasteiger partial charge in [0.25, 0.3) is 0 Å². The molecule has 2 aromatic rings. The fourth-order valence-corrected chi connectivity index (χ4v) is 2.39. The second kappa shape index (κ2) is 7.59. The number of aliphatic imine (C=N–C) groups is 1. The Kier molecular flexibility index (Phi) is 5.76. The minimum absolute atomic E-state index is 0.203. The number of fused-ring (bicyclic) bond motifs is 1. The molecule has 0 fully saturated rings. The summed E-state index contributed by atoms with van der Waals surface area (Å²) in [5.41, 5.74) is 2.08. The van der Waals surface area contributed by atoms with E-state index in [2.05, 4.69) is 20.6 Å². The maximum atomic E-state index is 12.1. The highest BCUT2D eigenvalue weighted by atomic mass is 35.5. The van der Waals surface area contributed by atoms with Crippen molar-refractivity contribution < 1.29 is 13.2 Å². The van der Waals surface area contributed by atoms with E-state index in [9.17, 15) is 13.2 Å². The fourth-order valence-electron chi connectivity index (χ4n) is 2.22. The zero-order valence-corrected chi connectivity index (χ0v) is 13.4. The molecule has 1 aromatic heterocycles. The van der Waals surface area contributed by atoms with Gasteiger partial charge in [-0.1, -0.05) is 11.6 Å². The number of rotatable bonds is 5. The average Bonchev–Trinajstić information content (AvgIpc) is 2.87. The zero-order chi connectivity index (χ0) is 16.9. The van der Waals surface area contributed by atoms with E-state index in [4.69, 9.17) is 11.6 Å². The van der Waals surface area contributed by atoms with Crippen LogP contribution in [0.1, 0.15) is 12.0 Å². The lowest BCUT2D eigenvalue weighted by atomic mass is 10.1. The summed E-state index contributed by atoms with van der Waals surface area (Å²) in [6.45, 7) is 0.344. The topological polar surface area (TPSA) is 52.2 Å². The summed E-state index contributed by atoms with van der Waals surface area (Å²) < 4.78 is 36.3. The van der Waals surface area contributed by atoms with Crippen molar-refractivity contribution in [3.05, 3.63) is 35.0 Å². The molecule has 0 amide bonds. The minimum Gasteiger partial charge on any atom is -0.361 e. The van der Waals surface area contributed by atoms with Crippen molar-refractivity contribution in [3.63, 3.8) is 0 Å². The molecule has 23 heavy (non-hydrogen) atoms. The summed E-state index contributed by atoms with van der Waals surface area (Å²) in [6.07, 6.45) is -2.47. The third-order valence-electron chi connectivity index (χ3n) is 3.34. The number of aromatic amines is 1. The van der Waals surface area contributed by atoms with Crippen LogP contribution in [0.5, 0.6) is 0 Å². The Morgan fingerprint density at radius 1 is 1.26 bits per heavy atom. The summed E-state index contributed by atoms with van der Waals surface area (Å²) in [7, 11) is 1.52. The summed E-state index contributed by atoms with van der Waals surface area (Å²) in [5.74, 6) is 0.354. The Morgan fingerprint density at radius 3 is 2.70 bits per heavy atom. The number of alkyl halides is 3. The van der Waals surface area contributed by atoms with Crippen molar-refractivity contribution in [2.75, 3.05) is 20.1 Å². The smallest absolute Gasteiger partial charge is 0.361 e. The molecule has 3 N–H and O–H groups in total. The highest BCUT2D eigenvalue weighted by molar-refractivity contribution is 6.31. The van der Waals surface area contributed by atoms with Crippen molar-refractivity contribution in [1.82, 2.24) is 15.6 Å². The van der Waals surface area contributed by atoms with E-state index in [1.807, 2.05) is 24.4 Å². The lowest BCUT2D eigenvalue weighted by molar-refractivity contribution is -0.132. The second-order valence-electron chi connectivity index (χ2n) is 5.04. The SMILES string of the molecule is CN=C(NCCc1c[nH]c2ccc(Cl)cc12)NCCC(F)(F)F. The van der Waals surface area contributed by atoms with Crippen LogP contribution >= 0.6 is 11.6 Å². The van der Waals surface area contributed by atoms with E-state index >= 15 is 0 Å². The molecule has 0 bridgehead atoms. The van der Waals surface area contributed by atoms with E-state index in [1.54, 1.807) is 0 Å². The number of benzene rings is 1. The number of hydrogen-bond acceptors (Lipinski definition) is 1. The maximum Gasteiger partial charge on any atom is 0.390 e. The van der Waals surface area contributed by atoms with Crippen molar-refractivity contribution in [2.45, 2.75) is 19.0 Å². The molecule has 2 rings (SSSR count). The summed E-state index contributed by atoms with van der Waals surface area (Å²) in [5, 5.41) is 7.34. The van der Waals surface area contributed by atoms with E-state index in [1.165, 1.54) is 7.05 Å². The average molecular weight is 347 g/mol. The van der Waals surface area contributed by atoms with Gasteiger partial charge in [-0.25, -0.2) is 0 Å². The van der Waals surface area contributed by atoms with Gasteiger partial charge in [-0.3, -0.25) is 4.99 Å².